The van der Waals surface area contributed by atoms with Crippen LogP contribution in [0.15, 0.2) is 12.7 Å². The highest BCUT2D eigenvalue weighted by molar-refractivity contribution is 5.96. The molecule has 1 N–H and O–H groups in total. The number of amides is 2. The van der Waals surface area contributed by atoms with Crippen LogP contribution in [0.3, 0.4) is 0 Å². The lowest BCUT2D eigenvalue weighted by molar-refractivity contribution is -0.151. The second kappa shape index (κ2) is 6.03. The summed E-state index contributed by atoms with van der Waals surface area (Å²) in [7, 11) is 0. The maximum Gasteiger partial charge on any atom is 0.246 e. The van der Waals surface area contributed by atoms with Crippen LogP contribution in [0.1, 0.15) is 40.5 Å². The summed E-state index contributed by atoms with van der Waals surface area (Å²) >= 11 is 0. The molecule has 18 heavy (non-hydrogen) atoms. The Hall–Kier alpha value is -1.32. The van der Waals surface area contributed by atoms with Crippen molar-refractivity contribution >= 4 is 11.8 Å². The summed E-state index contributed by atoms with van der Waals surface area (Å²) in [4.78, 5) is 26.0. The van der Waals surface area contributed by atoms with Crippen molar-refractivity contribution < 1.29 is 9.59 Å². The average molecular weight is 252 g/mol. The van der Waals surface area contributed by atoms with Gasteiger partial charge in [0.2, 0.25) is 11.8 Å². The molecule has 4 nitrogen and oxygen atoms in total. The Bertz CT molecular complexity index is 339. The smallest absolute Gasteiger partial charge is 0.246 e. The van der Waals surface area contributed by atoms with Crippen molar-refractivity contribution in [2.45, 2.75) is 58.7 Å². The summed E-state index contributed by atoms with van der Waals surface area (Å²) in [6, 6.07) is -0.748. The van der Waals surface area contributed by atoms with Crippen LogP contribution in [0.25, 0.3) is 0 Å². The van der Waals surface area contributed by atoms with Gasteiger partial charge in [0.1, 0.15) is 12.1 Å². The SMILES string of the molecule is C=CCC(C)N1C(=O)C(CC(C)C)NC(=O)C1C. The lowest BCUT2D eigenvalue weighted by Crippen LogP contribution is -2.64. The van der Waals surface area contributed by atoms with Gasteiger partial charge in [0, 0.05) is 6.04 Å². The lowest BCUT2D eigenvalue weighted by Gasteiger charge is -2.41. The molecule has 0 aliphatic carbocycles. The molecule has 1 aliphatic heterocycles. The van der Waals surface area contributed by atoms with E-state index in [9.17, 15) is 9.59 Å². The first-order valence-corrected chi connectivity index (χ1v) is 6.61. The third kappa shape index (κ3) is 3.12. The van der Waals surface area contributed by atoms with Gasteiger partial charge in [-0.3, -0.25) is 9.59 Å². The first-order chi connectivity index (χ1) is 8.38. The van der Waals surface area contributed by atoms with Crippen LogP contribution in [0.5, 0.6) is 0 Å². The van der Waals surface area contributed by atoms with Crippen molar-refractivity contribution in [1.82, 2.24) is 10.2 Å². The number of nitrogens with one attached hydrogen (secondary N) is 1. The molecular weight excluding hydrogens is 228 g/mol. The van der Waals surface area contributed by atoms with Crippen molar-refractivity contribution in [2.24, 2.45) is 5.92 Å². The van der Waals surface area contributed by atoms with Gasteiger partial charge in [0.25, 0.3) is 0 Å². The second-order valence-electron chi connectivity index (χ2n) is 5.49. The van der Waals surface area contributed by atoms with Crippen LogP contribution in [0.4, 0.5) is 0 Å². The quantitative estimate of drug-likeness (QED) is 0.757. The predicted octanol–water partition coefficient (Wildman–Crippen LogP) is 1.71. The average Bonchev–Trinajstić information content (AvgIpc) is 2.26. The Morgan fingerprint density at radius 3 is 2.50 bits per heavy atom. The molecule has 0 aromatic heterocycles. The summed E-state index contributed by atoms with van der Waals surface area (Å²) in [5.74, 6) is 0.352. The van der Waals surface area contributed by atoms with Crippen molar-refractivity contribution in [2.75, 3.05) is 0 Å². The van der Waals surface area contributed by atoms with Crippen molar-refractivity contribution in [1.29, 1.82) is 0 Å². The van der Waals surface area contributed by atoms with E-state index in [-0.39, 0.29) is 23.9 Å². The maximum atomic E-state index is 12.4. The molecule has 0 aromatic carbocycles. The summed E-state index contributed by atoms with van der Waals surface area (Å²) < 4.78 is 0. The second-order valence-corrected chi connectivity index (χ2v) is 5.49. The number of nitrogens with zero attached hydrogens (tertiary/aromatic N) is 1. The Morgan fingerprint density at radius 2 is 2.00 bits per heavy atom. The standard InChI is InChI=1S/C14H24N2O2/c1-6-7-10(4)16-11(5)13(17)15-12(14(16)18)8-9(2)3/h6,9-12H,1,7-8H2,2-5H3,(H,15,17). The van der Waals surface area contributed by atoms with E-state index in [0.29, 0.717) is 18.8 Å². The number of rotatable bonds is 5. The molecular formula is C14H24N2O2. The zero-order valence-corrected chi connectivity index (χ0v) is 11.8. The monoisotopic (exact) mass is 252 g/mol. The molecule has 0 spiro atoms. The highest BCUT2D eigenvalue weighted by Gasteiger charge is 2.39. The van der Waals surface area contributed by atoms with Crippen LogP contribution in [0, 0.1) is 5.92 Å². The number of hydrogen-bond donors (Lipinski definition) is 1. The predicted molar refractivity (Wildman–Crippen MR) is 72.0 cm³/mol. The minimum Gasteiger partial charge on any atom is -0.343 e. The molecule has 3 unspecified atom stereocenters. The minimum absolute atomic E-state index is 0.0192. The molecule has 0 aromatic rings. The van der Waals surface area contributed by atoms with Gasteiger partial charge in [-0.2, -0.15) is 0 Å². The van der Waals surface area contributed by atoms with Crippen LogP contribution < -0.4 is 5.32 Å². The Morgan fingerprint density at radius 1 is 1.39 bits per heavy atom. The summed E-state index contributed by atoms with van der Waals surface area (Å²) in [6.07, 6.45) is 3.18. The van der Waals surface area contributed by atoms with Crippen LogP contribution in [0.2, 0.25) is 0 Å². The molecule has 3 atom stereocenters. The van der Waals surface area contributed by atoms with E-state index < -0.39 is 6.04 Å². The summed E-state index contributed by atoms with van der Waals surface area (Å²) in [5.41, 5.74) is 0. The molecule has 0 bridgehead atoms. The molecule has 2 amide bonds. The summed E-state index contributed by atoms with van der Waals surface area (Å²) in [5, 5.41) is 2.82. The molecule has 1 rings (SSSR count). The van der Waals surface area contributed by atoms with Gasteiger partial charge >= 0.3 is 0 Å². The molecule has 4 heteroatoms. The molecule has 102 valence electrons. The first-order valence-electron chi connectivity index (χ1n) is 6.61. The van der Waals surface area contributed by atoms with E-state index in [1.54, 1.807) is 17.9 Å². The van der Waals surface area contributed by atoms with Gasteiger partial charge in [-0.05, 0) is 32.6 Å². The maximum absolute atomic E-state index is 12.4. The summed E-state index contributed by atoms with van der Waals surface area (Å²) in [6.45, 7) is 11.5. The minimum atomic E-state index is -0.393. The lowest BCUT2D eigenvalue weighted by atomic mass is 9.97. The van der Waals surface area contributed by atoms with Gasteiger partial charge in [-0.1, -0.05) is 19.9 Å². The topological polar surface area (TPSA) is 49.4 Å². The zero-order valence-electron chi connectivity index (χ0n) is 11.8. The Labute approximate surface area is 109 Å². The van der Waals surface area contributed by atoms with Crippen molar-refractivity contribution in [3.8, 4) is 0 Å². The fourth-order valence-corrected chi connectivity index (χ4v) is 2.44. The van der Waals surface area contributed by atoms with Crippen LogP contribution in [-0.2, 0) is 9.59 Å². The van der Waals surface area contributed by atoms with Gasteiger partial charge in [0.15, 0.2) is 0 Å². The van der Waals surface area contributed by atoms with Gasteiger partial charge < -0.3 is 10.2 Å². The van der Waals surface area contributed by atoms with E-state index >= 15 is 0 Å². The molecule has 0 saturated carbocycles. The molecule has 1 fully saturated rings. The van der Waals surface area contributed by atoms with E-state index in [1.165, 1.54) is 0 Å². The zero-order chi connectivity index (χ0) is 13.9. The molecule has 1 aliphatic rings. The van der Waals surface area contributed by atoms with E-state index in [2.05, 4.69) is 25.7 Å². The van der Waals surface area contributed by atoms with Crippen LogP contribution in [-0.4, -0.2) is 34.8 Å². The van der Waals surface area contributed by atoms with Crippen LogP contribution >= 0.6 is 0 Å². The van der Waals surface area contributed by atoms with E-state index in [1.807, 2.05) is 6.92 Å². The number of carbonyl (C=O) groups is 2. The fraction of sp³-hybridized carbons (Fsp3) is 0.714. The number of carbonyl (C=O) groups excluding carboxylic acids is 2. The van der Waals surface area contributed by atoms with Gasteiger partial charge in [0.05, 0.1) is 0 Å². The normalized spacial score (nSPS) is 26.2. The van der Waals surface area contributed by atoms with E-state index in [4.69, 9.17) is 0 Å². The third-order valence-electron chi connectivity index (χ3n) is 3.36. The molecule has 1 heterocycles. The Balaban J connectivity index is 2.88. The first kappa shape index (κ1) is 14.7. The highest BCUT2D eigenvalue weighted by atomic mass is 16.2. The molecule has 0 radical (unpaired) electrons. The van der Waals surface area contributed by atoms with E-state index in [0.717, 1.165) is 0 Å². The third-order valence-corrected chi connectivity index (χ3v) is 3.36. The largest absolute Gasteiger partial charge is 0.343 e. The van der Waals surface area contributed by atoms with Gasteiger partial charge in [-0.15, -0.1) is 6.58 Å². The van der Waals surface area contributed by atoms with Crippen molar-refractivity contribution in [3.63, 3.8) is 0 Å². The molecule has 1 saturated heterocycles. The van der Waals surface area contributed by atoms with Crippen molar-refractivity contribution in [3.05, 3.63) is 12.7 Å². The number of hydrogen-bond acceptors (Lipinski definition) is 2. The highest BCUT2D eigenvalue weighted by Crippen LogP contribution is 2.19. The fourth-order valence-electron chi connectivity index (χ4n) is 2.44. The Kier molecular flexibility index (Phi) is 4.93. The van der Waals surface area contributed by atoms with Gasteiger partial charge in [-0.25, -0.2) is 0 Å². The number of piperazine rings is 1.